The minimum atomic E-state index is -0.389. The van der Waals surface area contributed by atoms with E-state index in [0.717, 1.165) is 19.3 Å². The highest BCUT2D eigenvalue weighted by Crippen LogP contribution is 2.20. The number of unbranched alkanes of at least 4 members (excludes halogenated alkanes) is 12. The number of likely N-dealkylation sites (tertiary alicyclic amines) is 1. The Morgan fingerprint density at radius 1 is 0.794 bits per heavy atom. The van der Waals surface area contributed by atoms with Gasteiger partial charge in [0.1, 0.15) is 12.3 Å². The molecule has 1 aliphatic rings. The van der Waals surface area contributed by atoms with E-state index in [-0.39, 0.29) is 36.6 Å². The summed E-state index contributed by atoms with van der Waals surface area (Å²) in [6.45, 7) is 3.55. The van der Waals surface area contributed by atoms with Gasteiger partial charge in [-0.3, -0.25) is 14.4 Å². The SMILES string of the molecule is CCCCCCCCCCCCCCCC(=O)N1CCCC1C(=O)NCCNC(=O)CCC=O. The zero-order valence-corrected chi connectivity index (χ0v) is 21.6. The van der Waals surface area contributed by atoms with Crippen LogP contribution in [-0.4, -0.2) is 54.6 Å². The van der Waals surface area contributed by atoms with E-state index in [1.165, 1.54) is 70.6 Å². The van der Waals surface area contributed by atoms with Crippen molar-refractivity contribution in [3.63, 3.8) is 0 Å². The van der Waals surface area contributed by atoms with Gasteiger partial charge in [-0.15, -0.1) is 0 Å². The average molecular weight is 480 g/mol. The third-order valence-corrected chi connectivity index (χ3v) is 6.61. The quantitative estimate of drug-likeness (QED) is 0.185. The Morgan fingerprint density at radius 3 is 1.94 bits per heavy atom. The van der Waals surface area contributed by atoms with Crippen molar-refractivity contribution >= 4 is 24.0 Å². The molecule has 0 bridgehead atoms. The molecule has 0 radical (unpaired) electrons. The highest BCUT2D eigenvalue weighted by Gasteiger charge is 2.33. The van der Waals surface area contributed by atoms with Crippen molar-refractivity contribution in [3.05, 3.63) is 0 Å². The van der Waals surface area contributed by atoms with Gasteiger partial charge >= 0.3 is 0 Å². The Balaban J connectivity index is 2.06. The summed E-state index contributed by atoms with van der Waals surface area (Å²) in [6, 6.07) is -0.389. The summed E-state index contributed by atoms with van der Waals surface area (Å²) < 4.78 is 0. The molecule has 7 heteroatoms. The van der Waals surface area contributed by atoms with Crippen molar-refractivity contribution in [1.82, 2.24) is 15.5 Å². The van der Waals surface area contributed by atoms with Crippen molar-refractivity contribution in [1.29, 1.82) is 0 Å². The lowest BCUT2D eigenvalue weighted by Crippen LogP contribution is -2.47. The predicted octanol–water partition coefficient (Wildman–Crippen LogP) is 4.67. The first-order valence-corrected chi connectivity index (χ1v) is 13.9. The molecule has 7 nitrogen and oxygen atoms in total. The fourth-order valence-corrected chi connectivity index (χ4v) is 4.56. The van der Waals surface area contributed by atoms with E-state index in [9.17, 15) is 19.2 Å². The van der Waals surface area contributed by atoms with Crippen LogP contribution in [-0.2, 0) is 19.2 Å². The number of amides is 3. The Hall–Kier alpha value is -1.92. The first-order chi connectivity index (χ1) is 16.6. The first kappa shape index (κ1) is 30.1. The van der Waals surface area contributed by atoms with E-state index in [2.05, 4.69) is 17.6 Å². The number of nitrogens with zero attached hydrogens (tertiary/aromatic N) is 1. The number of rotatable bonds is 21. The standard InChI is InChI=1S/C27H49N3O4/c1-2-3-4-5-6-7-8-9-10-11-12-13-14-19-26(33)30-22-15-17-24(30)27(34)29-21-20-28-25(32)18-16-23-31/h23-24H,2-22H2,1H3,(H,28,32)(H,29,34). The van der Waals surface area contributed by atoms with Crippen LogP contribution in [0.1, 0.15) is 122 Å². The Labute approximate surface area is 207 Å². The fraction of sp³-hybridized carbons (Fsp3) is 0.852. The summed E-state index contributed by atoms with van der Waals surface area (Å²) in [5, 5.41) is 5.49. The van der Waals surface area contributed by atoms with Crippen LogP contribution < -0.4 is 10.6 Å². The van der Waals surface area contributed by atoms with Gasteiger partial charge in [-0.25, -0.2) is 0 Å². The molecule has 0 aromatic carbocycles. The smallest absolute Gasteiger partial charge is 0.242 e. The molecular formula is C27H49N3O4. The van der Waals surface area contributed by atoms with Gasteiger partial charge < -0.3 is 20.3 Å². The van der Waals surface area contributed by atoms with Gasteiger partial charge in [0.15, 0.2) is 0 Å². The van der Waals surface area contributed by atoms with E-state index in [0.29, 0.717) is 38.8 Å². The van der Waals surface area contributed by atoms with Crippen LogP contribution in [0.2, 0.25) is 0 Å². The number of carbonyl (C=O) groups is 4. The van der Waals surface area contributed by atoms with E-state index in [4.69, 9.17) is 0 Å². The van der Waals surface area contributed by atoms with Gasteiger partial charge in [0.25, 0.3) is 0 Å². The number of hydrogen-bond acceptors (Lipinski definition) is 4. The van der Waals surface area contributed by atoms with Crippen molar-refractivity contribution in [2.75, 3.05) is 19.6 Å². The summed E-state index contributed by atoms with van der Waals surface area (Å²) in [4.78, 5) is 48.6. The molecule has 1 aliphatic heterocycles. The largest absolute Gasteiger partial charge is 0.354 e. The average Bonchev–Trinajstić information content (AvgIpc) is 3.33. The van der Waals surface area contributed by atoms with Crippen molar-refractivity contribution in [3.8, 4) is 0 Å². The number of nitrogens with one attached hydrogen (secondary N) is 2. The summed E-state index contributed by atoms with van der Waals surface area (Å²) in [5.74, 6) is -0.252. The van der Waals surface area contributed by atoms with Crippen LogP contribution in [0.15, 0.2) is 0 Å². The Bertz CT molecular complexity index is 582. The second kappa shape index (κ2) is 20.5. The second-order valence-electron chi connectivity index (χ2n) is 9.58. The molecule has 2 N–H and O–H groups in total. The minimum Gasteiger partial charge on any atom is -0.354 e. The molecule has 0 aromatic rings. The molecule has 34 heavy (non-hydrogen) atoms. The van der Waals surface area contributed by atoms with Gasteiger partial charge in [0, 0.05) is 38.9 Å². The van der Waals surface area contributed by atoms with Crippen molar-refractivity contribution in [2.45, 2.75) is 129 Å². The maximum atomic E-state index is 12.6. The van der Waals surface area contributed by atoms with Crippen LogP contribution in [0, 0.1) is 0 Å². The van der Waals surface area contributed by atoms with Gasteiger partial charge in [-0.2, -0.15) is 0 Å². The number of carbonyl (C=O) groups excluding carboxylic acids is 4. The highest BCUT2D eigenvalue weighted by molar-refractivity contribution is 5.88. The fourth-order valence-electron chi connectivity index (χ4n) is 4.56. The third kappa shape index (κ3) is 14.4. The minimum absolute atomic E-state index is 0.0860. The van der Waals surface area contributed by atoms with Crippen molar-refractivity contribution < 1.29 is 19.2 Å². The van der Waals surface area contributed by atoms with Crippen LogP contribution >= 0.6 is 0 Å². The molecular weight excluding hydrogens is 430 g/mol. The predicted molar refractivity (Wildman–Crippen MR) is 136 cm³/mol. The maximum absolute atomic E-state index is 12.6. The molecule has 0 saturated carbocycles. The van der Waals surface area contributed by atoms with Crippen molar-refractivity contribution in [2.24, 2.45) is 0 Å². The zero-order chi connectivity index (χ0) is 24.9. The third-order valence-electron chi connectivity index (χ3n) is 6.61. The normalized spacial score (nSPS) is 15.3. The summed E-state index contributed by atoms with van der Waals surface area (Å²) in [5.41, 5.74) is 0. The lowest BCUT2D eigenvalue weighted by molar-refractivity contribution is -0.138. The lowest BCUT2D eigenvalue weighted by Gasteiger charge is -2.24. The van der Waals surface area contributed by atoms with Gasteiger partial charge in [0.2, 0.25) is 17.7 Å². The summed E-state index contributed by atoms with van der Waals surface area (Å²) >= 11 is 0. The summed E-state index contributed by atoms with van der Waals surface area (Å²) in [6.07, 6.45) is 19.8. The number of hydrogen-bond donors (Lipinski definition) is 2. The maximum Gasteiger partial charge on any atom is 0.242 e. The Kier molecular flexibility index (Phi) is 18.1. The summed E-state index contributed by atoms with van der Waals surface area (Å²) in [7, 11) is 0. The van der Waals surface area contributed by atoms with Crippen LogP contribution in [0.5, 0.6) is 0 Å². The van der Waals surface area contributed by atoms with E-state index < -0.39 is 0 Å². The molecule has 1 fully saturated rings. The molecule has 3 amide bonds. The van der Waals surface area contributed by atoms with E-state index in [1.807, 2.05) is 0 Å². The van der Waals surface area contributed by atoms with Gasteiger partial charge in [-0.1, -0.05) is 84.0 Å². The second-order valence-corrected chi connectivity index (χ2v) is 9.58. The molecule has 196 valence electrons. The van der Waals surface area contributed by atoms with Gasteiger partial charge in [-0.05, 0) is 19.3 Å². The van der Waals surface area contributed by atoms with E-state index >= 15 is 0 Å². The molecule has 1 atom stereocenters. The zero-order valence-electron chi connectivity index (χ0n) is 21.6. The lowest BCUT2D eigenvalue weighted by atomic mass is 10.0. The van der Waals surface area contributed by atoms with Gasteiger partial charge in [0.05, 0.1) is 0 Å². The van der Waals surface area contributed by atoms with Crippen LogP contribution in [0.3, 0.4) is 0 Å². The molecule has 0 aliphatic carbocycles. The topological polar surface area (TPSA) is 95.6 Å². The van der Waals surface area contributed by atoms with E-state index in [1.54, 1.807) is 4.90 Å². The molecule has 1 saturated heterocycles. The van der Waals surface area contributed by atoms with Crippen LogP contribution in [0.25, 0.3) is 0 Å². The molecule has 1 unspecified atom stereocenters. The van der Waals surface area contributed by atoms with Crippen LogP contribution in [0.4, 0.5) is 0 Å². The molecule has 1 heterocycles. The first-order valence-electron chi connectivity index (χ1n) is 13.9. The molecule has 0 aromatic heterocycles. The highest BCUT2D eigenvalue weighted by atomic mass is 16.2. The monoisotopic (exact) mass is 479 g/mol. The molecule has 1 rings (SSSR count). The Morgan fingerprint density at radius 2 is 1.35 bits per heavy atom. The molecule has 0 spiro atoms. The number of aldehydes is 1.